The Morgan fingerprint density at radius 3 is 2.22 bits per heavy atom. The molecule has 0 fully saturated rings. The number of benzene rings is 2. The van der Waals surface area contributed by atoms with Crippen LogP contribution in [0.25, 0.3) is 0 Å². The summed E-state index contributed by atoms with van der Waals surface area (Å²) in [5.41, 5.74) is 4.92. The van der Waals surface area contributed by atoms with Gasteiger partial charge in [0.2, 0.25) is 0 Å². The molecule has 0 aliphatic heterocycles. The van der Waals surface area contributed by atoms with E-state index in [1.807, 2.05) is 0 Å². The zero-order valence-corrected chi connectivity index (χ0v) is 16.3. The molecule has 0 aliphatic rings. The minimum absolute atomic E-state index is 0.399. The predicted molar refractivity (Wildman–Crippen MR) is 104 cm³/mol. The molecule has 2 rings (SSSR count). The number of carbonyl (C=O) groups is 3. The van der Waals surface area contributed by atoms with E-state index >= 15 is 0 Å². The number of hydrogen-bond donors (Lipinski definition) is 2. The first-order valence-corrected chi connectivity index (χ1v) is 9.40. The topological polar surface area (TPSA) is 84.5 Å². The summed E-state index contributed by atoms with van der Waals surface area (Å²) in [4.78, 5) is 36.9. The molecule has 2 N–H and O–H groups in total. The summed E-state index contributed by atoms with van der Waals surface area (Å²) in [5.74, 6) is -1.63. The van der Waals surface area contributed by atoms with Crippen molar-refractivity contribution < 1.29 is 19.1 Å². The SMILES string of the molecule is C[C@H](OC(=O)[C@@H](C)Sc1ccc(Cl)cc1)C(=O)NNC(=O)c1ccccc1. The predicted octanol–water partition coefficient (Wildman–Crippen LogP) is 3.21. The van der Waals surface area contributed by atoms with Gasteiger partial charge in [-0.25, -0.2) is 0 Å². The summed E-state index contributed by atoms with van der Waals surface area (Å²) in [7, 11) is 0. The fourth-order valence-electron chi connectivity index (χ4n) is 1.97. The van der Waals surface area contributed by atoms with E-state index in [0.29, 0.717) is 10.6 Å². The number of amides is 2. The van der Waals surface area contributed by atoms with Crippen molar-refractivity contribution in [2.45, 2.75) is 30.1 Å². The molecule has 2 aromatic rings. The highest BCUT2D eigenvalue weighted by molar-refractivity contribution is 8.00. The van der Waals surface area contributed by atoms with Crippen LogP contribution in [0.15, 0.2) is 59.5 Å². The molecule has 0 radical (unpaired) electrons. The number of thioether (sulfide) groups is 1. The Morgan fingerprint density at radius 1 is 0.963 bits per heavy atom. The first-order chi connectivity index (χ1) is 12.9. The monoisotopic (exact) mass is 406 g/mol. The first-order valence-electron chi connectivity index (χ1n) is 8.15. The van der Waals surface area contributed by atoms with Gasteiger partial charge < -0.3 is 4.74 Å². The Kier molecular flexibility index (Phi) is 7.69. The van der Waals surface area contributed by atoms with Crippen LogP contribution < -0.4 is 10.9 Å². The summed E-state index contributed by atoms with van der Waals surface area (Å²) in [6, 6.07) is 15.5. The van der Waals surface area contributed by atoms with Gasteiger partial charge in [-0.3, -0.25) is 25.2 Å². The Balaban J connectivity index is 1.79. The molecule has 142 valence electrons. The lowest BCUT2D eigenvalue weighted by molar-refractivity contribution is -0.154. The second-order valence-electron chi connectivity index (χ2n) is 5.60. The number of hydrazine groups is 1. The molecule has 0 aliphatic carbocycles. The lowest BCUT2D eigenvalue weighted by Crippen LogP contribution is -2.47. The van der Waals surface area contributed by atoms with Crippen LogP contribution in [-0.2, 0) is 14.3 Å². The van der Waals surface area contributed by atoms with Crippen molar-refractivity contribution in [2.75, 3.05) is 0 Å². The van der Waals surface area contributed by atoms with Crippen LogP contribution >= 0.6 is 23.4 Å². The van der Waals surface area contributed by atoms with Crippen molar-refractivity contribution >= 4 is 41.1 Å². The molecule has 27 heavy (non-hydrogen) atoms. The summed E-state index contributed by atoms with van der Waals surface area (Å²) in [5, 5.41) is 0.0951. The van der Waals surface area contributed by atoms with Crippen LogP contribution in [0.4, 0.5) is 0 Å². The van der Waals surface area contributed by atoms with Crippen LogP contribution in [-0.4, -0.2) is 29.1 Å². The van der Waals surface area contributed by atoms with Gasteiger partial charge in [-0.15, -0.1) is 11.8 Å². The fourth-order valence-corrected chi connectivity index (χ4v) is 2.95. The second-order valence-corrected chi connectivity index (χ2v) is 7.45. The van der Waals surface area contributed by atoms with E-state index in [1.54, 1.807) is 61.5 Å². The van der Waals surface area contributed by atoms with Gasteiger partial charge in [-0.05, 0) is 50.2 Å². The minimum atomic E-state index is -1.05. The number of hydrogen-bond acceptors (Lipinski definition) is 5. The van der Waals surface area contributed by atoms with E-state index < -0.39 is 29.1 Å². The van der Waals surface area contributed by atoms with Crippen LogP contribution in [0.1, 0.15) is 24.2 Å². The van der Waals surface area contributed by atoms with E-state index in [-0.39, 0.29) is 0 Å². The maximum Gasteiger partial charge on any atom is 0.319 e. The largest absolute Gasteiger partial charge is 0.452 e. The summed E-state index contributed by atoms with van der Waals surface area (Å²) in [6.45, 7) is 3.12. The highest BCUT2D eigenvalue weighted by Crippen LogP contribution is 2.25. The summed E-state index contributed by atoms with van der Waals surface area (Å²) < 4.78 is 5.16. The molecule has 8 heteroatoms. The Labute approximate surface area is 166 Å². The van der Waals surface area contributed by atoms with Crippen molar-refractivity contribution in [3.63, 3.8) is 0 Å². The van der Waals surface area contributed by atoms with Crippen LogP contribution in [0.3, 0.4) is 0 Å². The van der Waals surface area contributed by atoms with Crippen molar-refractivity contribution in [3.8, 4) is 0 Å². The lowest BCUT2D eigenvalue weighted by atomic mass is 10.2. The Morgan fingerprint density at radius 2 is 1.59 bits per heavy atom. The number of rotatable bonds is 6. The van der Waals surface area contributed by atoms with Gasteiger partial charge in [0.05, 0.1) is 0 Å². The molecule has 0 unspecified atom stereocenters. The van der Waals surface area contributed by atoms with Crippen molar-refractivity contribution in [1.82, 2.24) is 10.9 Å². The second kappa shape index (κ2) is 9.99. The van der Waals surface area contributed by atoms with Gasteiger partial charge >= 0.3 is 5.97 Å². The molecule has 2 amide bonds. The molecule has 0 saturated carbocycles. The van der Waals surface area contributed by atoms with E-state index in [4.69, 9.17) is 16.3 Å². The lowest BCUT2D eigenvalue weighted by Gasteiger charge is -2.16. The third kappa shape index (κ3) is 6.62. The smallest absolute Gasteiger partial charge is 0.319 e. The average molecular weight is 407 g/mol. The molecule has 6 nitrogen and oxygen atoms in total. The van der Waals surface area contributed by atoms with E-state index in [9.17, 15) is 14.4 Å². The fraction of sp³-hybridized carbons (Fsp3) is 0.211. The zero-order valence-electron chi connectivity index (χ0n) is 14.8. The summed E-state index contributed by atoms with van der Waals surface area (Å²) >= 11 is 7.13. The van der Waals surface area contributed by atoms with Crippen molar-refractivity contribution in [1.29, 1.82) is 0 Å². The molecule has 0 spiro atoms. The first kappa shape index (κ1) is 20.8. The van der Waals surface area contributed by atoms with Gasteiger partial charge in [0.15, 0.2) is 6.10 Å². The number of esters is 1. The number of carbonyl (C=O) groups excluding carboxylic acids is 3. The Bertz CT molecular complexity index is 799. The standard InChI is InChI=1S/C19H19ClN2O4S/c1-12(17(23)21-22-18(24)14-6-4-3-5-7-14)26-19(25)13(2)27-16-10-8-15(20)9-11-16/h3-13H,1-2H3,(H,21,23)(H,22,24)/t12-,13+/m0/s1. The molecule has 0 saturated heterocycles. The van der Waals surface area contributed by atoms with Gasteiger partial charge in [-0.1, -0.05) is 29.8 Å². The van der Waals surface area contributed by atoms with E-state index in [2.05, 4.69) is 10.9 Å². The van der Waals surface area contributed by atoms with E-state index in [1.165, 1.54) is 18.7 Å². The Hall–Kier alpha value is -2.51. The highest BCUT2D eigenvalue weighted by atomic mass is 35.5. The minimum Gasteiger partial charge on any atom is -0.452 e. The van der Waals surface area contributed by atoms with Gasteiger partial charge in [0, 0.05) is 15.5 Å². The maximum absolute atomic E-state index is 12.2. The number of nitrogens with one attached hydrogen (secondary N) is 2. The number of halogens is 1. The highest BCUT2D eigenvalue weighted by Gasteiger charge is 2.23. The van der Waals surface area contributed by atoms with Crippen molar-refractivity contribution in [3.05, 3.63) is 65.2 Å². The van der Waals surface area contributed by atoms with Gasteiger partial charge in [-0.2, -0.15) is 0 Å². The molecule has 0 heterocycles. The van der Waals surface area contributed by atoms with Crippen LogP contribution in [0, 0.1) is 0 Å². The quantitative estimate of drug-likeness (QED) is 0.437. The van der Waals surface area contributed by atoms with Gasteiger partial charge in [0.1, 0.15) is 5.25 Å². The van der Waals surface area contributed by atoms with Gasteiger partial charge in [0.25, 0.3) is 11.8 Å². The third-order valence-corrected chi connectivity index (χ3v) is 4.80. The molecule has 2 aromatic carbocycles. The normalized spacial score (nSPS) is 12.6. The molecular weight excluding hydrogens is 388 g/mol. The van der Waals surface area contributed by atoms with Crippen LogP contribution in [0.2, 0.25) is 5.02 Å². The third-order valence-electron chi connectivity index (χ3n) is 3.46. The molecular formula is C19H19ClN2O4S. The number of ether oxygens (including phenoxy) is 1. The van der Waals surface area contributed by atoms with Crippen LogP contribution in [0.5, 0.6) is 0 Å². The van der Waals surface area contributed by atoms with E-state index in [0.717, 1.165) is 4.90 Å². The molecule has 2 atom stereocenters. The molecule has 0 bridgehead atoms. The average Bonchev–Trinajstić information content (AvgIpc) is 2.68. The maximum atomic E-state index is 12.2. The molecule has 0 aromatic heterocycles. The van der Waals surface area contributed by atoms with Crippen molar-refractivity contribution in [2.24, 2.45) is 0 Å². The summed E-state index contributed by atoms with van der Waals surface area (Å²) in [6.07, 6.45) is -1.05. The zero-order chi connectivity index (χ0) is 19.8.